The zero-order chi connectivity index (χ0) is 13.8. The Morgan fingerprint density at radius 2 is 1.83 bits per heavy atom. The standard InChI is InChI=1S/C16H34N2/c1-6-7-8-11-18(5)15-12-13(16(2,3)4)9-10-14(15)17/h13-15H,6-12,17H2,1-5H3. The number of nitrogens with two attached hydrogens (primary N) is 1. The SMILES string of the molecule is CCCCCN(C)C1CC(C(C)(C)C)CCC1N. The minimum Gasteiger partial charge on any atom is -0.326 e. The van der Waals surface area contributed by atoms with E-state index in [9.17, 15) is 0 Å². The highest BCUT2D eigenvalue weighted by atomic mass is 15.1. The molecule has 0 amide bonds. The summed E-state index contributed by atoms with van der Waals surface area (Å²) in [4.78, 5) is 2.53. The van der Waals surface area contributed by atoms with Crippen LogP contribution in [0.5, 0.6) is 0 Å². The van der Waals surface area contributed by atoms with Gasteiger partial charge in [0, 0.05) is 12.1 Å². The van der Waals surface area contributed by atoms with E-state index < -0.39 is 0 Å². The van der Waals surface area contributed by atoms with Crippen molar-refractivity contribution in [3.8, 4) is 0 Å². The first-order valence-electron chi connectivity index (χ1n) is 7.82. The molecule has 108 valence electrons. The van der Waals surface area contributed by atoms with Crippen molar-refractivity contribution in [1.29, 1.82) is 0 Å². The summed E-state index contributed by atoms with van der Waals surface area (Å²) >= 11 is 0. The molecule has 0 saturated heterocycles. The van der Waals surface area contributed by atoms with Crippen LogP contribution in [0.1, 0.15) is 66.2 Å². The van der Waals surface area contributed by atoms with Crippen LogP contribution in [0.4, 0.5) is 0 Å². The highest BCUT2D eigenvalue weighted by molar-refractivity contribution is 4.91. The van der Waals surface area contributed by atoms with Crippen LogP contribution in [0.25, 0.3) is 0 Å². The Bertz CT molecular complexity index is 232. The van der Waals surface area contributed by atoms with Gasteiger partial charge < -0.3 is 10.6 Å². The Morgan fingerprint density at radius 1 is 1.17 bits per heavy atom. The van der Waals surface area contributed by atoms with Gasteiger partial charge in [-0.25, -0.2) is 0 Å². The quantitative estimate of drug-likeness (QED) is 0.759. The van der Waals surface area contributed by atoms with Crippen LogP contribution >= 0.6 is 0 Å². The number of rotatable bonds is 5. The Kier molecular flexibility index (Phi) is 6.13. The van der Waals surface area contributed by atoms with E-state index in [0.29, 0.717) is 17.5 Å². The average molecular weight is 254 g/mol. The van der Waals surface area contributed by atoms with E-state index in [2.05, 4.69) is 39.6 Å². The molecule has 3 atom stereocenters. The van der Waals surface area contributed by atoms with Gasteiger partial charge in [0.15, 0.2) is 0 Å². The van der Waals surface area contributed by atoms with Crippen molar-refractivity contribution in [3.63, 3.8) is 0 Å². The molecule has 0 bridgehead atoms. The normalized spacial score (nSPS) is 29.8. The predicted molar refractivity (Wildman–Crippen MR) is 80.7 cm³/mol. The predicted octanol–water partition coefficient (Wildman–Crippen LogP) is 3.65. The fourth-order valence-corrected chi connectivity index (χ4v) is 3.24. The second-order valence-electron chi connectivity index (χ2n) is 7.29. The van der Waals surface area contributed by atoms with Crippen molar-refractivity contribution >= 4 is 0 Å². The van der Waals surface area contributed by atoms with Gasteiger partial charge in [-0.1, -0.05) is 40.5 Å². The second kappa shape index (κ2) is 6.91. The number of unbranched alkanes of at least 4 members (excludes halogenated alkanes) is 2. The zero-order valence-corrected chi connectivity index (χ0v) is 13.2. The van der Waals surface area contributed by atoms with Crippen molar-refractivity contribution < 1.29 is 0 Å². The summed E-state index contributed by atoms with van der Waals surface area (Å²) < 4.78 is 0. The van der Waals surface area contributed by atoms with E-state index in [0.717, 1.165) is 5.92 Å². The molecule has 1 saturated carbocycles. The number of likely N-dealkylation sites (N-methyl/N-ethyl adjacent to an activating group) is 1. The molecule has 18 heavy (non-hydrogen) atoms. The molecule has 0 heterocycles. The van der Waals surface area contributed by atoms with Crippen LogP contribution in [0, 0.1) is 11.3 Å². The van der Waals surface area contributed by atoms with E-state index in [1.54, 1.807) is 0 Å². The Labute approximate surface area is 114 Å². The van der Waals surface area contributed by atoms with Gasteiger partial charge in [-0.3, -0.25) is 0 Å². The molecule has 1 aliphatic carbocycles. The van der Waals surface area contributed by atoms with E-state index in [1.165, 1.54) is 45.1 Å². The van der Waals surface area contributed by atoms with Crippen LogP contribution in [-0.2, 0) is 0 Å². The first kappa shape index (κ1) is 16.0. The summed E-state index contributed by atoms with van der Waals surface area (Å²) in [7, 11) is 2.27. The first-order valence-corrected chi connectivity index (χ1v) is 7.82. The monoisotopic (exact) mass is 254 g/mol. The Hall–Kier alpha value is -0.0800. The molecule has 1 fully saturated rings. The molecule has 1 aliphatic rings. The van der Waals surface area contributed by atoms with Crippen molar-refractivity contribution in [2.24, 2.45) is 17.1 Å². The lowest BCUT2D eigenvalue weighted by atomic mass is 9.69. The summed E-state index contributed by atoms with van der Waals surface area (Å²) in [6.45, 7) is 10.6. The fraction of sp³-hybridized carbons (Fsp3) is 1.00. The van der Waals surface area contributed by atoms with Crippen LogP contribution in [0.15, 0.2) is 0 Å². The Morgan fingerprint density at radius 3 is 2.39 bits per heavy atom. The van der Waals surface area contributed by atoms with Gasteiger partial charge in [0.2, 0.25) is 0 Å². The number of nitrogens with zero attached hydrogens (tertiary/aromatic N) is 1. The lowest BCUT2D eigenvalue weighted by Gasteiger charge is -2.44. The van der Waals surface area contributed by atoms with Gasteiger partial charge in [0.1, 0.15) is 0 Å². The van der Waals surface area contributed by atoms with Crippen molar-refractivity contribution in [2.45, 2.75) is 78.3 Å². The van der Waals surface area contributed by atoms with Crippen LogP contribution < -0.4 is 5.73 Å². The molecule has 0 aromatic rings. The maximum Gasteiger partial charge on any atom is 0.0246 e. The maximum absolute atomic E-state index is 6.35. The van der Waals surface area contributed by atoms with Crippen molar-refractivity contribution in [1.82, 2.24) is 4.90 Å². The molecule has 0 spiro atoms. The third-order valence-corrected chi connectivity index (χ3v) is 4.77. The molecule has 0 radical (unpaired) electrons. The van der Waals surface area contributed by atoms with Crippen LogP contribution in [0.2, 0.25) is 0 Å². The van der Waals surface area contributed by atoms with Gasteiger partial charge in [-0.15, -0.1) is 0 Å². The summed E-state index contributed by atoms with van der Waals surface area (Å²) in [6, 6.07) is 0.982. The number of hydrogen-bond acceptors (Lipinski definition) is 2. The molecule has 1 rings (SSSR count). The molecular formula is C16H34N2. The van der Waals surface area contributed by atoms with Gasteiger partial charge >= 0.3 is 0 Å². The lowest BCUT2D eigenvalue weighted by molar-refractivity contribution is 0.0833. The van der Waals surface area contributed by atoms with Crippen molar-refractivity contribution in [2.75, 3.05) is 13.6 Å². The summed E-state index contributed by atoms with van der Waals surface area (Å²) in [5, 5.41) is 0. The van der Waals surface area contributed by atoms with Crippen LogP contribution in [-0.4, -0.2) is 30.6 Å². The summed E-state index contributed by atoms with van der Waals surface area (Å²) in [5.41, 5.74) is 6.78. The van der Waals surface area contributed by atoms with Gasteiger partial charge in [0.25, 0.3) is 0 Å². The summed E-state index contributed by atoms with van der Waals surface area (Å²) in [5.74, 6) is 0.830. The van der Waals surface area contributed by atoms with E-state index in [1.807, 2.05) is 0 Å². The first-order chi connectivity index (χ1) is 8.36. The smallest absolute Gasteiger partial charge is 0.0246 e. The molecule has 2 nitrogen and oxygen atoms in total. The third-order valence-electron chi connectivity index (χ3n) is 4.77. The minimum atomic E-state index is 0.384. The highest BCUT2D eigenvalue weighted by Crippen LogP contribution is 2.38. The molecule has 2 N–H and O–H groups in total. The van der Waals surface area contributed by atoms with E-state index in [4.69, 9.17) is 5.73 Å². The maximum atomic E-state index is 6.35. The van der Waals surface area contributed by atoms with Crippen LogP contribution in [0.3, 0.4) is 0 Å². The minimum absolute atomic E-state index is 0.384. The number of hydrogen-bond donors (Lipinski definition) is 1. The van der Waals surface area contributed by atoms with Gasteiger partial charge in [-0.2, -0.15) is 0 Å². The van der Waals surface area contributed by atoms with Crippen molar-refractivity contribution in [3.05, 3.63) is 0 Å². The molecular weight excluding hydrogens is 220 g/mol. The zero-order valence-electron chi connectivity index (χ0n) is 13.2. The Balaban J connectivity index is 2.51. The fourth-order valence-electron chi connectivity index (χ4n) is 3.24. The van der Waals surface area contributed by atoms with E-state index >= 15 is 0 Å². The lowest BCUT2D eigenvalue weighted by Crippen LogP contribution is -2.51. The van der Waals surface area contributed by atoms with Gasteiger partial charge in [0.05, 0.1) is 0 Å². The molecule has 0 aromatic heterocycles. The average Bonchev–Trinajstić information content (AvgIpc) is 2.28. The highest BCUT2D eigenvalue weighted by Gasteiger charge is 2.35. The second-order valence-corrected chi connectivity index (χ2v) is 7.29. The van der Waals surface area contributed by atoms with E-state index in [-0.39, 0.29) is 0 Å². The summed E-state index contributed by atoms with van der Waals surface area (Å²) in [6.07, 6.45) is 7.75. The largest absolute Gasteiger partial charge is 0.326 e. The van der Waals surface area contributed by atoms with Gasteiger partial charge in [-0.05, 0) is 50.6 Å². The molecule has 3 unspecified atom stereocenters. The molecule has 2 heteroatoms. The third kappa shape index (κ3) is 4.55. The molecule has 0 aromatic carbocycles. The topological polar surface area (TPSA) is 29.3 Å². The molecule has 0 aliphatic heterocycles.